The Balaban J connectivity index is 1.58. The van der Waals surface area contributed by atoms with E-state index in [0.717, 1.165) is 55.8 Å². The molecule has 1 aliphatic rings. The minimum Gasteiger partial charge on any atom is -0.377 e. The molecule has 0 unspecified atom stereocenters. The number of pyridine rings is 1. The summed E-state index contributed by atoms with van der Waals surface area (Å²) in [5.74, 6) is 1.53. The highest BCUT2D eigenvalue weighted by Gasteiger charge is 2.19. The quantitative estimate of drug-likeness (QED) is 0.484. The Kier molecular flexibility index (Phi) is 8.27. The second kappa shape index (κ2) is 11.1. The number of guanidine groups is 1. The van der Waals surface area contributed by atoms with E-state index in [2.05, 4.69) is 38.4 Å². The maximum atomic E-state index is 13.2. The highest BCUT2D eigenvalue weighted by Crippen LogP contribution is 2.20. The van der Waals surface area contributed by atoms with Crippen LogP contribution >= 0.6 is 0 Å². The van der Waals surface area contributed by atoms with Crippen molar-refractivity contribution in [1.82, 2.24) is 15.6 Å². The molecule has 1 fully saturated rings. The minimum atomic E-state index is -0.268. The van der Waals surface area contributed by atoms with Crippen molar-refractivity contribution in [2.24, 2.45) is 4.99 Å². The van der Waals surface area contributed by atoms with Gasteiger partial charge in [-0.2, -0.15) is 0 Å². The van der Waals surface area contributed by atoms with Crippen molar-refractivity contribution in [3.05, 3.63) is 54.0 Å². The van der Waals surface area contributed by atoms with Gasteiger partial charge in [-0.25, -0.2) is 14.4 Å². The molecule has 1 aliphatic heterocycles. The number of piperazine rings is 1. The van der Waals surface area contributed by atoms with Crippen LogP contribution in [0.15, 0.2) is 47.6 Å². The van der Waals surface area contributed by atoms with Crippen LogP contribution < -0.4 is 20.4 Å². The molecule has 2 N–H and O–H groups in total. The highest BCUT2D eigenvalue weighted by atomic mass is 19.1. The highest BCUT2D eigenvalue weighted by molar-refractivity contribution is 5.79. The molecule has 32 heavy (non-hydrogen) atoms. The van der Waals surface area contributed by atoms with Gasteiger partial charge < -0.3 is 25.2 Å². The van der Waals surface area contributed by atoms with Gasteiger partial charge in [0.2, 0.25) is 0 Å². The molecule has 7 nitrogen and oxygen atoms in total. The summed E-state index contributed by atoms with van der Waals surface area (Å²) in [7, 11) is 1.71. The third-order valence-electron chi connectivity index (χ3n) is 5.60. The van der Waals surface area contributed by atoms with Gasteiger partial charge in [0.05, 0.1) is 12.1 Å². The molecule has 1 aromatic carbocycles. The molecular weight excluding hydrogens is 407 g/mol. The second-order valence-corrected chi connectivity index (χ2v) is 8.49. The Morgan fingerprint density at radius 2 is 1.78 bits per heavy atom. The zero-order valence-electron chi connectivity index (χ0n) is 19.6. The molecule has 0 saturated carbocycles. The smallest absolute Gasteiger partial charge is 0.191 e. The Morgan fingerprint density at radius 3 is 2.44 bits per heavy atom. The van der Waals surface area contributed by atoms with Crippen LogP contribution in [0.25, 0.3) is 0 Å². The zero-order chi connectivity index (χ0) is 23.0. The summed E-state index contributed by atoms with van der Waals surface area (Å²) in [5.41, 5.74) is 1.90. The lowest BCUT2D eigenvalue weighted by Gasteiger charge is -2.36. The summed E-state index contributed by atoms with van der Waals surface area (Å²) in [4.78, 5) is 13.9. The first kappa shape index (κ1) is 23.8. The van der Waals surface area contributed by atoms with Crippen molar-refractivity contribution in [3.8, 4) is 0 Å². The van der Waals surface area contributed by atoms with E-state index in [4.69, 9.17) is 9.73 Å². The molecule has 174 valence electrons. The number of halogens is 1. The monoisotopic (exact) mass is 442 g/mol. The number of anilines is 2. The number of nitrogens with one attached hydrogen (secondary N) is 2. The third-order valence-corrected chi connectivity index (χ3v) is 5.60. The maximum Gasteiger partial charge on any atom is 0.191 e. The summed E-state index contributed by atoms with van der Waals surface area (Å²) in [5, 5.41) is 6.62. The molecule has 2 heterocycles. The number of rotatable bonds is 8. The number of aromatic nitrogens is 1. The number of nitrogens with zero attached hydrogens (tertiary/aromatic N) is 4. The van der Waals surface area contributed by atoms with Crippen molar-refractivity contribution in [1.29, 1.82) is 0 Å². The van der Waals surface area contributed by atoms with E-state index in [-0.39, 0.29) is 11.4 Å². The van der Waals surface area contributed by atoms with Crippen molar-refractivity contribution in [2.45, 2.75) is 32.9 Å². The fourth-order valence-corrected chi connectivity index (χ4v) is 3.46. The summed E-state index contributed by atoms with van der Waals surface area (Å²) in [6.45, 7) is 11.6. The lowest BCUT2D eigenvalue weighted by Crippen LogP contribution is -2.46. The van der Waals surface area contributed by atoms with Crippen LogP contribution in [0, 0.1) is 5.82 Å². The largest absolute Gasteiger partial charge is 0.377 e. The summed E-state index contributed by atoms with van der Waals surface area (Å²) in [6, 6.07) is 10.8. The maximum absolute atomic E-state index is 13.2. The van der Waals surface area contributed by atoms with Crippen LogP contribution in [-0.2, 0) is 11.3 Å². The van der Waals surface area contributed by atoms with Gasteiger partial charge in [0, 0.05) is 58.3 Å². The van der Waals surface area contributed by atoms with E-state index in [1.807, 2.05) is 38.2 Å². The topological polar surface area (TPSA) is 65.0 Å². The van der Waals surface area contributed by atoms with E-state index in [0.29, 0.717) is 13.1 Å². The predicted molar refractivity (Wildman–Crippen MR) is 129 cm³/mol. The number of ether oxygens (including phenoxy) is 1. The fourth-order valence-electron chi connectivity index (χ4n) is 3.46. The van der Waals surface area contributed by atoms with Gasteiger partial charge in [0.1, 0.15) is 11.6 Å². The average molecular weight is 443 g/mol. The molecule has 0 radical (unpaired) electrons. The average Bonchev–Trinajstić information content (AvgIpc) is 2.82. The summed E-state index contributed by atoms with van der Waals surface area (Å²) < 4.78 is 18.7. The molecule has 0 aliphatic carbocycles. The van der Waals surface area contributed by atoms with E-state index in [9.17, 15) is 4.39 Å². The van der Waals surface area contributed by atoms with Crippen molar-refractivity contribution >= 4 is 17.5 Å². The molecular formula is C24H35FN6O. The normalized spacial score (nSPS) is 15.1. The Hall–Kier alpha value is -2.87. The first-order chi connectivity index (χ1) is 15.4. The van der Waals surface area contributed by atoms with Gasteiger partial charge in [-0.1, -0.05) is 0 Å². The van der Waals surface area contributed by atoms with Crippen LogP contribution in [0.5, 0.6) is 0 Å². The molecule has 0 bridgehead atoms. The lowest BCUT2D eigenvalue weighted by atomic mass is 10.1. The number of aliphatic imine (C=N–C) groups is 1. The Labute approximate surface area is 190 Å². The first-order valence-corrected chi connectivity index (χ1v) is 11.2. The lowest BCUT2D eigenvalue weighted by molar-refractivity contribution is 0.0268. The van der Waals surface area contributed by atoms with Crippen molar-refractivity contribution in [3.63, 3.8) is 0 Å². The predicted octanol–water partition coefficient (Wildman–Crippen LogP) is 3.03. The van der Waals surface area contributed by atoms with Crippen LogP contribution in [0.2, 0.25) is 0 Å². The van der Waals surface area contributed by atoms with Crippen molar-refractivity contribution < 1.29 is 9.13 Å². The standard InChI is InChI=1S/C24H35FN6O/c1-5-26-23(29-18-24(2,3)32-4)28-17-19-10-11-27-22(16-19)31-14-12-30(13-15-31)21-8-6-20(25)7-9-21/h6-11,16H,5,12-15,17-18H2,1-4H3,(H2,26,28,29). The zero-order valence-corrected chi connectivity index (χ0v) is 19.6. The fraction of sp³-hybridized carbons (Fsp3) is 0.500. The molecule has 0 spiro atoms. The van der Waals surface area contributed by atoms with E-state index in [1.165, 1.54) is 12.1 Å². The van der Waals surface area contributed by atoms with Crippen LogP contribution in [0.3, 0.4) is 0 Å². The van der Waals surface area contributed by atoms with Gasteiger partial charge in [-0.3, -0.25) is 0 Å². The molecule has 2 aromatic rings. The summed E-state index contributed by atoms with van der Waals surface area (Å²) >= 11 is 0. The number of benzene rings is 1. The Bertz CT molecular complexity index is 878. The molecule has 1 saturated heterocycles. The van der Waals surface area contributed by atoms with Gasteiger partial charge in [0.15, 0.2) is 5.96 Å². The minimum absolute atomic E-state index is 0.203. The molecule has 8 heteroatoms. The van der Waals surface area contributed by atoms with E-state index >= 15 is 0 Å². The van der Waals surface area contributed by atoms with Crippen LogP contribution in [0.1, 0.15) is 26.3 Å². The Morgan fingerprint density at radius 1 is 1.09 bits per heavy atom. The molecule has 3 rings (SSSR count). The van der Waals surface area contributed by atoms with Crippen LogP contribution in [-0.4, -0.2) is 62.9 Å². The van der Waals surface area contributed by atoms with Gasteiger partial charge >= 0.3 is 0 Å². The van der Waals surface area contributed by atoms with E-state index in [1.54, 1.807) is 7.11 Å². The molecule has 1 aromatic heterocycles. The number of methoxy groups -OCH3 is 1. The molecule has 0 atom stereocenters. The molecule has 0 amide bonds. The third kappa shape index (κ3) is 6.82. The van der Waals surface area contributed by atoms with Gasteiger partial charge in [-0.05, 0) is 62.7 Å². The van der Waals surface area contributed by atoms with Gasteiger partial charge in [-0.15, -0.1) is 0 Å². The SMILES string of the molecule is CCNC(=NCc1ccnc(N2CCN(c3ccc(F)cc3)CC2)c1)NCC(C)(C)OC. The summed E-state index contributed by atoms with van der Waals surface area (Å²) in [6.07, 6.45) is 1.85. The first-order valence-electron chi connectivity index (χ1n) is 11.2. The van der Waals surface area contributed by atoms with E-state index < -0.39 is 0 Å². The van der Waals surface area contributed by atoms with Crippen molar-refractivity contribution in [2.75, 3.05) is 56.2 Å². The van der Waals surface area contributed by atoms with Gasteiger partial charge in [0.25, 0.3) is 0 Å². The van der Waals surface area contributed by atoms with Crippen LogP contribution in [0.4, 0.5) is 15.9 Å². The number of hydrogen-bond acceptors (Lipinski definition) is 5. The number of hydrogen-bond donors (Lipinski definition) is 2. The second-order valence-electron chi connectivity index (χ2n) is 8.49.